The molecule has 1 heterocycles. The summed E-state index contributed by atoms with van der Waals surface area (Å²) in [6.07, 6.45) is 0. The van der Waals surface area contributed by atoms with Gasteiger partial charge in [-0.15, -0.1) is 0 Å². The van der Waals surface area contributed by atoms with Crippen molar-refractivity contribution in [1.82, 2.24) is 4.98 Å². The van der Waals surface area contributed by atoms with Crippen LogP contribution in [0.1, 0.15) is 6.92 Å². The summed E-state index contributed by atoms with van der Waals surface area (Å²) in [5.74, 6) is 1.18. The van der Waals surface area contributed by atoms with Crippen LogP contribution in [0.3, 0.4) is 0 Å². The first-order chi connectivity index (χ1) is 6.50. The molecule has 4 N–H and O–H groups in total. The molecule has 0 saturated heterocycles. The second-order valence-corrected chi connectivity index (χ2v) is 3.46. The van der Waals surface area contributed by atoms with Gasteiger partial charge in [-0.3, -0.25) is 0 Å². The summed E-state index contributed by atoms with van der Waals surface area (Å²) in [6.45, 7) is 6.56. The lowest BCUT2D eigenvalue weighted by Crippen LogP contribution is -2.20. The van der Waals surface area contributed by atoms with Gasteiger partial charge < -0.3 is 16.4 Å². The summed E-state index contributed by atoms with van der Waals surface area (Å²) >= 11 is 0. The minimum Gasteiger partial charge on any atom is -0.396 e. The molecular formula is C10H16N4. The maximum Gasteiger partial charge on any atom is 0.149 e. The molecule has 0 aliphatic heterocycles. The van der Waals surface area contributed by atoms with Crippen molar-refractivity contribution in [2.75, 3.05) is 30.0 Å². The second-order valence-electron chi connectivity index (χ2n) is 3.46. The predicted molar refractivity (Wildman–Crippen MR) is 61.1 cm³/mol. The Morgan fingerprint density at radius 1 is 1.50 bits per heavy atom. The molecule has 4 nitrogen and oxygen atoms in total. The minimum absolute atomic E-state index is 0.371. The molecule has 0 atom stereocenters. The lowest BCUT2D eigenvalue weighted by Gasteiger charge is -2.18. The first-order valence-corrected chi connectivity index (χ1v) is 4.38. The number of likely N-dealkylation sites (N-methyl/N-ethyl adjacent to an activating group) is 1. The molecule has 0 fully saturated rings. The SMILES string of the molecule is C=C(C)CN(C)c1ccc(N)c(N)n1. The lowest BCUT2D eigenvalue weighted by molar-refractivity contribution is 0.957. The van der Waals surface area contributed by atoms with Gasteiger partial charge in [-0.1, -0.05) is 12.2 Å². The molecule has 1 aromatic heterocycles. The molecule has 0 saturated carbocycles. The van der Waals surface area contributed by atoms with Gasteiger partial charge in [0.15, 0.2) is 0 Å². The normalized spacial score (nSPS) is 9.86. The molecule has 0 aromatic carbocycles. The highest BCUT2D eigenvalue weighted by atomic mass is 15.2. The van der Waals surface area contributed by atoms with E-state index in [0.29, 0.717) is 11.5 Å². The van der Waals surface area contributed by atoms with Gasteiger partial charge in [0.2, 0.25) is 0 Å². The molecule has 4 heteroatoms. The first-order valence-electron chi connectivity index (χ1n) is 4.38. The van der Waals surface area contributed by atoms with Crippen LogP contribution in [0.15, 0.2) is 24.3 Å². The van der Waals surface area contributed by atoms with E-state index in [-0.39, 0.29) is 0 Å². The molecular weight excluding hydrogens is 176 g/mol. The Morgan fingerprint density at radius 2 is 2.14 bits per heavy atom. The van der Waals surface area contributed by atoms with Gasteiger partial charge in [0, 0.05) is 13.6 Å². The third kappa shape index (κ3) is 2.39. The third-order valence-corrected chi connectivity index (χ3v) is 1.84. The molecule has 76 valence electrons. The monoisotopic (exact) mass is 192 g/mol. The summed E-state index contributed by atoms with van der Waals surface area (Å²) in [4.78, 5) is 6.13. The highest BCUT2D eigenvalue weighted by Crippen LogP contribution is 2.17. The number of anilines is 3. The fourth-order valence-corrected chi connectivity index (χ4v) is 1.17. The number of pyridine rings is 1. The molecule has 14 heavy (non-hydrogen) atoms. The lowest BCUT2D eigenvalue weighted by atomic mass is 10.3. The van der Waals surface area contributed by atoms with Crippen LogP contribution in [0.5, 0.6) is 0 Å². The fraction of sp³-hybridized carbons (Fsp3) is 0.300. The first kappa shape index (κ1) is 10.4. The molecule has 0 bridgehead atoms. The van der Waals surface area contributed by atoms with Crippen molar-refractivity contribution >= 4 is 17.3 Å². The van der Waals surface area contributed by atoms with Crippen molar-refractivity contribution < 1.29 is 0 Å². The number of nitrogen functional groups attached to an aromatic ring is 2. The van der Waals surface area contributed by atoms with Crippen molar-refractivity contribution in [3.05, 3.63) is 24.3 Å². The zero-order valence-corrected chi connectivity index (χ0v) is 8.62. The van der Waals surface area contributed by atoms with Crippen molar-refractivity contribution in [1.29, 1.82) is 0 Å². The largest absolute Gasteiger partial charge is 0.396 e. The van der Waals surface area contributed by atoms with E-state index in [2.05, 4.69) is 11.6 Å². The fourth-order valence-electron chi connectivity index (χ4n) is 1.17. The zero-order chi connectivity index (χ0) is 10.7. The van der Waals surface area contributed by atoms with E-state index in [1.807, 2.05) is 24.9 Å². The molecule has 0 amide bonds. The van der Waals surface area contributed by atoms with Crippen LogP contribution >= 0.6 is 0 Å². The molecule has 0 unspecified atom stereocenters. The summed E-state index contributed by atoms with van der Waals surface area (Å²) in [5, 5.41) is 0. The number of hydrogen-bond donors (Lipinski definition) is 2. The second kappa shape index (κ2) is 4.00. The van der Waals surface area contributed by atoms with E-state index < -0.39 is 0 Å². The average molecular weight is 192 g/mol. The Labute approximate surface area is 84.2 Å². The Balaban J connectivity index is 2.85. The number of nitrogens with two attached hydrogens (primary N) is 2. The summed E-state index contributed by atoms with van der Waals surface area (Å²) in [6, 6.07) is 3.60. The van der Waals surface area contributed by atoms with Gasteiger partial charge in [-0.25, -0.2) is 4.98 Å². The Bertz CT molecular complexity index is 346. The summed E-state index contributed by atoms with van der Waals surface area (Å²) < 4.78 is 0. The van der Waals surface area contributed by atoms with E-state index in [1.165, 1.54) is 0 Å². The van der Waals surface area contributed by atoms with Gasteiger partial charge in [0.25, 0.3) is 0 Å². The average Bonchev–Trinajstić information content (AvgIpc) is 2.08. The van der Waals surface area contributed by atoms with E-state index in [0.717, 1.165) is 17.9 Å². The van der Waals surface area contributed by atoms with Crippen LogP contribution in [-0.2, 0) is 0 Å². The standard InChI is InChI=1S/C10H16N4/c1-7(2)6-14(3)9-5-4-8(11)10(12)13-9/h4-5H,1,6,11H2,2-3H3,(H2,12,13). The van der Waals surface area contributed by atoms with E-state index in [1.54, 1.807) is 6.07 Å². The number of aromatic nitrogens is 1. The van der Waals surface area contributed by atoms with Crippen molar-refractivity contribution in [3.63, 3.8) is 0 Å². The Kier molecular flexibility index (Phi) is 2.96. The Hall–Kier alpha value is -1.71. The number of rotatable bonds is 3. The van der Waals surface area contributed by atoms with Crippen molar-refractivity contribution in [2.45, 2.75) is 6.92 Å². The maximum absolute atomic E-state index is 5.60. The van der Waals surface area contributed by atoms with Crippen LogP contribution in [0.2, 0.25) is 0 Å². The van der Waals surface area contributed by atoms with Gasteiger partial charge in [0.05, 0.1) is 5.69 Å². The van der Waals surface area contributed by atoms with Crippen LogP contribution in [0, 0.1) is 0 Å². The van der Waals surface area contributed by atoms with Crippen LogP contribution in [-0.4, -0.2) is 18.6 Å². The van der Waals surface area contributed by atoms with E-state index >= 15 is 0 Å². The third-order valence-electron chi connectivity index (χ3n) is 1.84. The van der Waals surface area contributed by atoms with E-state index in [9.17, 15) is 0 Å². The van der Waals surface area contributed by atoms with Crippen molar-refractivity contribution in [3.8, 4) is 0 Å². The highest BCUT2D eigenvalue weighted by Gasteiger charge is 2.04. The zero-order valence-electron chi connectivity index (χ0n) is 8.62. The number of nitrogens with zero attached hydrogens (tertiary/aromatic N) is 2. The van der Waals surface area contributed by atoms with Gasteiger partial charge in [0.1, 0.15) is 11.6 Å². The summed E-state index contributed by atoms with van der Waals surface area (Å²) in [5.41, 5.74) is 12.8. The predicted octanol–water partition coefficient (Wildman–Crippen LogP) is 1.26. The highest BCUT2D eigenvalue weighted by molar-refractivity contribution is 5.62. The molecule has 0 radical (unpaired) electrons. The van der Waals surface area contributed by atoms with Crippen LogP contribution in [0.4, 0.5) is 17.3 Å². The van der Waals surface area contributed by atoms with Gasteiger partial charge in [-0.05, 0) is 19.1 Å². The van der Waals surface area contributed by atoms with Gasteiger partial charge in [-0.2, -0.15) is 0 Å². The molecule has 0 spiro atoms. The molecule has 0 aliphatic carbocycles. The van der Waals surface area contributed by atoms with Crippen LogP contribution < -0.4 is 16.4 Å². The van der Waals surface area contributed by atoms with Gasteiger partial charge >= 0.3 is 0 Å². The quantitative estimate of drug-likeness (QED) is 0.707. The smallest absolute Gasteiger partial charge is 0.149 e. The number of hydrogen-bond acceptors (Lipinski definition) is 4. The summed E-state index contributed by atoms with van der Waals surface area (Å²) in [7, 11) is 1.94. The van der Waals surface area contributed by atoms with Crippen LogP contribution in [0.25, 0.3) is 0 Å². The molecule has 0 aliphatic rings. The minimum atomic E-state index is 0.371. The topological polar surface area (TPSA) is 68.2 Å². The molecule has 1 aromatic rings. The molecule has 1 rings (SSSR count). The van der Waals surface area contributed by atoms with E-state index in [4.69, 9.17) is 11.5 Å². The Morgan fingerprint density at radius 3 is 2.64 bits per heavy atom. The van der Waals surface area contributed by atoms with Crippen molar-refractivity contribution in [2.24, 2.45) is 0 Å². The maximum atomic E-state index is 5.60.